The van der Waals surface area contributed by atoms with E-state index in [2.05, 4.69) is 58.8 Å². The summed E-state index contributed by atoms with van der Waals surface area (Å²) in [6.07, 6.45) is 5.45. The largest absolute Gasteiger partial charge is 0.313 e. The van der Waals surface area contributed by atoms with E-state index >= 15 is 0 Å². The fraction of sp³-hybridized carbons (Fsp3) is 0.385. The summed E-state index contributed by atoms with van der Waals surface area (Å²) in [5, 5.41) is 3.36. The van der Waals surface area contributed by atoms with Crippen molar-refractivity contribution in [3.05, 3.63) is 46.1 Å². The Labute approximate surface area is 106 Å². The Morgan fingerprint density at radius 3 is 2.60 bits per heavy atom. The third-order valence-corrected chi connectivity index (χ3v) is 3.24. The van der Waals surface area contributed by atoms with E-state index in [0.29, 0.717) is 6.04 Å². The highest BCUT2D eigenvalue weighted by molar-refractivity contribution is 14.1. The van der Waals surface area contributed by atoms with Gasteiger partial charge in [0, 0.05) is 9.61 Å². The highest BCUT2D eigenvalue weighted by Gasteiger charge is 2.07. The molecule has 82 valence electrons. The van der Waals surface area contributed by atoms with Crippen LogP contribution in [0.2, 0.25) is 0 Å². The molecular formula is C13H18IN. The van der Waals surface area contributed by atoms with Gasteiger partial charge in [-0.25, -0.2) is 0 Å². The van der Waals surface area contributed by atoms with Gasteiger partial charge in [-0.3, -0.25) is 0 Å². The Bertz CT molecular complexity index is 292. The van der Waals surface area contributed by atoms with Crippen molar-refractivity contribution in [3.63, 3.8) is 0 Å². The van der Waals surface area contributed by atoms with Gasteiger partial charge in [-0.05, 0) is 66.6 Å². The van der Waals surface area contributed by atoms with Crippen molar-refractivity contribution in [1.82, 2.24) is 5.32 Å². The number of hydrogen-bond acceptors (Lipinski definition) is 1. The molecule has 0 fully saturated rings. The number of hydrogen-bond donors (Lipinski definition) is 1. The molecule has 1 nitrogen and oxygen atoms in total. The van der Waals surface area contributed by atoms with Crippen molar-refractivity contribution >= 4 is 22.6 Å². The molecule has 0 amide bonds. The Hall–Kier alpha value is -0.350. The SMILES string of the molecule is C=CCCCC(NC)c1ccc(I)cc1. The maximum absolute atomic E-state index is 3.75. The smallest absolute Gasteiger partial charge is 0.0317 e. The zero-order valence-electron chi connectivity index (χ0n) is 9.17. The van der Waals surface area contributed by atoms with E-state index in [1.54, 1.807) is 0 Å². The molecule has 15 heavy (non-hydrogen) atoms. The lowest BCUT2D eigenvalue weighted by Crippen LogP contribution is -2.16. The lowest BCUT2D eigenvalue weighted by Gasteiger charge is -2.16. The minimum Gasteiger partial charge on any atom is -0.313 e. The van der Waals surface area contributed by atoms with E-state index in [4.69, 9.17) is 0 Å². The monoisotopic (exact) mass is 315 g/mol. The molecule has 0 heterocycles. The minimum absolute atomic E-state index is 0.474. The molecule has 1 aromatic rings. The van der Waals surface area contributed by atoms with Gasteiger partial charge in [-0.2, -0.15) is 0 Å². The van der Waals surface area contributed by atoms with Crippen LogP contribution in [0.15, 0.2) is 36.9 Å². The van der Waals surface area contributed by atoms with E-state index in [1.807, 2.05) is 13.1 Å². The first-order chi connectivity index (χ1) is 7.27. The second kappa shape index (κ2) is 7.01. The fourth-order valence-corrected chi connectivity index (χ4v) is 2.00. The molecule has 0 aromatic heterocycles. The van der Waals surface area contributed by atoms with Crippen LogP contribution in [0.4, 0.5) is 0 Å². The highest BCUT2D eigenvalue weighted by Crippen LogP contribution is 2.20. The van der Waals surface area contributed by atoms with Crippen molar-refractivity contribution in [2.24, 2.45) is 0 Å². The average Bonchev–Trinajstić information content (AvgIpc) is 2.26. The summed E-state index contributed by atoms with van der Waals surface area (Å²) in [4.78, 5) is 0. The number of unbranched alkanes of at least 4 members (excludes halogenated alkanes) is 1. The molecular weight excluding hydrogens is 297 g/mol. The Morgan fingerprint density at radius 1 is 1.40 bits per heavy atom. The summed E-state index contributed by atoms with van der Waals surface area (Å²) >= 11 is 2.33. The fourth-order valence-electron chi connectivity index (χ4n) is 1.64. The van der Waals surface area contributed by atoms with Crippen LogP contribution in [-0.2, 0) is 0 Å². The topological polar surface area (TPSA) is 12.0 Å². The predicted molar refractivity (Wildman–Crippen MR) is 75.0 cm³/mol. The van der Waals surface area contributed by atoms with Gasteiger partial charge in [0.15, 0.2) is 0 Å². The molecule has 0 spiro atoms. The maximum atomic E-state index is 3.75. The highest BCUT2D eigenvalue weighted by atomic mass is 127. The predicted octanol–water partition coefficient (Wildman–Crippen LogP) is 3.91. The number of rotatable bonds is 6. The third kappa shape index (κ3) is 4.34. The second-order valence-electron chi connectivity index (χ2n) is 3.61. The van der Waals surface area contributed by atoms with Crippen LogP contribution in [0.3, 0.4) is 0 Å². The van der Waals surface area contributed by atoms with E-state index in [0.717, 1.165) is 6.42 Å². The third-order valence-electron chi connectivity index (χ3n) is 2.52. The van der Waals surface area contributed by atoms with Gasteiger partial charge < -0.3 is 5.32 Å². The van der Waals surface area contributed by atoms with Crippen molar-refractivity contribution in [2.75, 3.05) is 7.05 Å². The molecule has 0 aliphatic heterocycles. The summed E-state index contributed by atoms with van der Waals surface area (Å²) in [6.45, 7) is 3.75. The molecule has 1 atom stereocenters. The van der Waals surface area contributed by atoms with E-state index in [9.17, 15) is 0 Å². The van der Waals surface area contributed by atoms with Crippen molar-refractivity contribution in [2.45, 2.75) is 25.3 Å². The number of allylic oxidation sites excluding steroid dienone is 1. The standard InChI is InChI=1S/C13H18IN/c1-3-4-5-6-13(15-2)11-7-9-12(14)10-8-11/h3,7-10,13,15H,1,4-6H2,2H3. The van der Waals surface area contributed by atoms with Crippen molar-refractivity contribution < 1.29 is 0 Å². The van der Waals surface area contributed by atoms with Crippen LogP contribution in [0.1, 0.15) is 30.9 Å². The number of benzene rings is 1. The van der Waals surface area contributed by atoms with Gasteiger partial charge in [-0.1, -0.05) is 18.2 Å². The lowest BCUT2D eigenvalue weighted by atomic mass is 10.0. The number of nitrogens with one attached hydrogen (secondary N) is 1. The summed E-state index contributed by atoms with van der Waals surface area (Å²) < 4.78 is 1.29. The van der Waals surface area contributed by atoms with Crippen LogP contribution in [0.25, 0.3) is 0 Å². The molecule has 1 N–H and O–H groups in total. The molecule has 0 saturated carbocycles. The molecule has 2 heteroatoms. The molecule has 0 saturated heterocycles. The van der Waals surface area contributed by atoms with Crippen LogP contribution in [0, 0.1) is 3.57 Å². The number of halogens is 1. The van der Waals surface area contributed by atoms with Crippen LogP contribution < -0.4 is 5.32 Å². The molecule has 0 radical (unpaired) electrons. The van der Waals surface area contributed by atoms with Crippen molar-refractivity contribution in [1.29, 1.82) is 0 Å². The summed E-state index contributed by atoms with van der Waals surface area (Å²) in [5.41, 5.74) is 1.38. The second-order valence-corrected chi connectivity index (χ2v) is 4.86. The zero-order chi connectivity index (χ0) is 11.1. The van der Waals surface area contributed by atoms with Gasteiger partial charge in [0.1, 0.15) is 0 Å². The van der Waals surface area contributed by atoms with Gasteiger partial charge >= 0.3 is 0 Å². The van der Waals surface area contributed by atoms with Gasteiger partial charge in [-0.15, -0.1) is 6.58 Å². The molecule has 1 aromatic carbocycles. The maximum Gasteiger partial charge on any atom is 0.0317 e. The summed E-state index contributed by atoms with van der Waals surface area (Å²) in [6, 6.07) is 9.21. The summed E-state index contributed by atoms with van der Waals surface area (Å²) in [5.74, 6) is 0. The normalized spacial score (nSPS) is 12.4. The Morgan fingerprint density at radius 2 is 2.07 bits per heavy atom. The molecule has 0 aliphatic carbocycles. The molecule has 0 bridgehead atoms. The average molecular weight is 315 g/mol. The zero-order valence-corrected chi connectivity index (χ0v) is 11.3. The summed E-state index contributed by atoms with van der Waals surface area (Å²) in [7, 11) is 2.02. The Balaban J connectivity index is 2.57. The first kappa shape index (κ1) is 12.7. The van der Waals surface area contributed by atoms with Gasteiger partial charge in [0.25, 0.3) is 0 Å². The van der Waals surface area contributed by atoms with Crippen LogP contribution in [-0.4, -0.2) is 7.05 Å². The quantitative estimate of drug-likeness (QED) is 0.477. The first-order valence-corrected chi connectivity index (χ1v) is 6.39. The van der Waals surface area contributed by atoms with Gasteiger partial charge in [0.2, 0.25) is 0 Å². The van der Waals surface area contributed by atoms with Crippen molar-refractivity contribution in [3.8, 4) is 0 Å². The van der Waals surface area contributed by atoms with E-state index < -0.39 is 0 Å². The molecule has 0 aliphatic rings. The minimum atomic E-state index is 0.474. The van der Waals surface area contributed by atoms with E-state index in [1.165, 1.54) is 22.0 Å². The van der Waals surface area contributed by atoms with E-state index in [-0.39, 0.29) is 0 Å². The van der Waals surface area contributed by atoms with Gasteiger partial charge in [0.05, 0.1) is 0 Å². The van der Waals surface area contributed by atoms with Crippen LogP contribution in [0.5, 0.6) is 0 Å². The van der Waals surface area contributed by atoms with Crippen LogP contribution >= 0.6 is 22.6 Å². The molecule has 1 unspecified atom stereocenters. The first-order valence-electron chi connectivity index (χ1n) is 5.31. The lowest BCUT2D eigenvalue weighted by molar-refractivity contribution is 0.530. The Kier molecular flexibility index (Phi) is 5.95. The molecule has 1 rings (SSSR count).